The number of fused-ring (bicyclic) bond motifs is 8. The number of rotatable bonds is 7. The van der Waals surface area contributed by atoms with Crippen LogP contribution < -0.4 is 4.90 Å². The molecule has 0 amide bonds. The van der Waals surface area contributed by atoms with Crippen LogP contribution in [0.2, 0.25) is 0 Å². The fourth-order valence-corrected chi connectivity index (χ4v) is 13.0. The zero-order valence-electron chi connectivity index (χ0n) is 42.4. The van der Waals surface area contributed by atoms with Crippen molar-refractivity contribution in [3.8, 4) is 33.4 Å². The smallest absolute Gasteiger partial charge is 0.0714 e. The van der Waals surface area contributed by atoms with Crippen LogP contribution in [0.25, 0.3) is 75.1 Å². The molecule has 0 bridgehead atoms. The molecule has 1 heterocycles. The number of anilines is 3. The third-order valence-corrected chi connectivity index (χ3v) is 16.9. The molecule has 1 aliphatic carbocycles. The van der Waals surface area contributed by atoms with Gasteiger partial charge in [-0.15, -0.1) is 11.3 Å². The van der Waals surface area contributed by atoms with Gasteiger partial charge < -0.3 is 4.90 Å². The van der Waals surface area contributed by atoms with Crippen molar-refractivity contribution in [2.45, 2.75) is 57.8 Å². The maximum atomic E-state index is 2.51. The van der Waals surface area contributed by atoms with Gasteiger partial charge in [-0.1, -0.05) is 224 Å². The van der Waals surface area contributed by atoms with Crippen LogP contribution in [0.5, 0.6) is 0 Å². The summed E-state index contributed by atoms with van der Waals surface area (Å²) in [5.41, 5.74) is 18.1. The molecule has 0 N–H and O–H groups in total. The zero-order valence-corrected chi connectivity index (χ0v) is 43.2. The Morgan fingerprint density at radius 1 is 0.356 bits per heavy atom. The highest BCUT2D eigenvalue weighted by Crippen LogP contribution is 2.58. The minimum absolute atomic E-state index is 0.0274. The summed E-state index contributed by atoms with van der Waals surface area (Å²) in [6.07, 6.45) is 0. The first kappa shape index (κ1) is 44.9. The number of benzene rings is 11. The molecule has 0 saturated carbocycles. The highest BCUT2D eigenvalue weighted by Gasteiger charge is 2.46. The van der Waals surface area contributed by atoms with Crippen LogP contribution in [0.3, 0.4) is 0 Å². The third kappa shape index (κ3) is 7.50. The van der Waals surface area contributed by atoms with E-state index in [0.29, 0.717) is 0 Å². The topological polar surface area (TPSA) is 3.24 Å². The largest absolute Gasteiger partial charge is 0.309 e. The summed E-state index contributed by atoms with van der Waals surface area (Å²) < 4.78 is 2.57. The van der Waals surface area contributed by atoms with Crippen LogP contribution in [0.15, 0.2) is 237 Å². The number of hydrogen-bond donors (Lipinski definition) is 0. The van der Waals surface area contributed by atoms with Crippen LogP contribution in [-0.2, 0) is 16.2 Å². The quantitative estimate of drug-likeness (QED) is 0.154. The van der Waals surface area contributed by atoms with E-state index < -0.39 is 5.41 Å². The highest BCUT2D eigenvalue weighted by atomic mass is 32.1. The maximum absolute atomic E-state index is 2.51. The van der Waals surface area contributed by atoms with Crippen molar-refractivity contribution in [2.75, 3.05) is 4.90 Å². The Hall–Kier alpha value is -8.04. The van der Waals surface area contributed by atoms with Crippen molar-refractivity contribution in [3.63, 3.8) is 0 Å². The Kier molecular flexibility index (Phi) is 10.5. The standard InChI is InChI=1S/C71H57NS/c1-69(2,3)54-30-34-56(35-31-54)71(57-36-32-55(33-37-57)70(4,5)6)64-19-11-9-16-60(64)61-41-40-59(45-65(61)71)72(66-20-13-18-63-62-17-10-12-21-67(62)73-68(63)66)58-38-28-47(29-39-58)49-24-25-52-44-53(27-26-51(52)43-49)50-23-22-46-14-7-8-15-48(46)42-50/h7-45H,1-6H3. The van der Waals surface area contributed by atoms with Gasteiger partial charge in [-0.3, -0.25) is 0 Å². The van der Waals surface area contributed by atoms with Crippen LogP contribution in [0.4, 0.5) is 17.1 Å². The van der Waals surface area contributed by atoms with Crippen molar-refractivity contribution in [3.05, 3.63) is 270 Å². The van der Waals surface area contributed by atoms with Gasteiger partial charge >= 0.3 is 0 Å². The molecule has 0 spiro atoms. The molecule has 0 radical (unpaired) electrons. The molecule has 0 atom stereocenters. The summed E-state index contributed by atoms with van der Waals surface area (Å²) in [4.78, 5) is 2.51. The zero-order chi connectivity index (χ0) is 49.6. The van der Waals surface area contributed by atoms with Crippen LogP contribution in [-0.4, -0.2) is 0 Å². The molecule has 0 unspecified atom stereocenters. The lowest BCUT2D eigenvalue weighted by Crippen LogP contribution is -2.29. The Morgan fingerprint density at radius 3 is 1.49 bits per heavy atom. The lowest BCUT2D eigenvalue weighted by Gasteiger charge is -2.36. The molecule has 1 aromatic heterocycles. The first-order valence-electron chi connectivity index (χ1n) is 25.7. The van der Waals surface area contributed by atoms with Crippen LogP contribution >= 0.6 is 11.3 Å². The second kappa shape index (κ2) is 17.0. The van der Waals surface area contributed by atoms with Gasteiger partial charge in [0.15, 0.2) is 0 Å². The summed E-state index contributed by atoms with van der Waals surface area (Å²) in [5, 5.41) is 7.56. The minimum atomic E-state index is -0.569. The van der Waals surface area contributed by atoms with Crippen molar-refractivity contribution < 1.29 is 0 Å². The van der Waals surface area contributed by atoms with Gasteiger partial charge in [0, 0.05) is 26.8 Å². The predicted octanol–water partition coefficient (Wildman–Crippen LogP) is 20.1. The molecule has 352 valence electrons. The van der Waals surface area contributed by atoms with E-state index in [-0.39, 0.29) is 10.8 Å². The minimum Gasteiger partial charge on any atom is -0.309 e. The van der Waals surface area contributed by atoms with Gasteiger partial charge in [0.05, 0.1) is 15.8 Å². The summed E-state index contributed by atoms with van der Waals surface area (Å²) >= 11 is 1.88. The molecule has 0 aliphatic heterocycles. The molecule has 0 fully saturated rings. The van der Waals surface area contributed by atoms with E-state index in [1.807, 2.05) is 11.3 Å². The van der Waals surface area contributed by atoms with Gasteiger partial charge in [0.25, 0.3) is 0 Å². The lowest BCUT2D eigenvalue weighted by molar-refractivity contribution is 0.588. The maximum Gasteiger partial charge on any atom is 0.0714 e. The number of hydrogen-bond acceptors (Lipinski definition) is 2. The molecule has 13 rings (SSSR count). The van der Waals surface area contributed by atoms with Gasteiger partial charge in [-0.05, 0) is 154 Å². The second-order valence-electron chi connectivity index (χ2n) is 22.2. The van der Waals surface area contributed by atoms with Gasteiger partial charge in [-0.2, -0.15) is 0 Å². The van der Waals surface area contributed by atoms with Crippen molar-refractivity contribution in [1.82, 2.24) is 0 Å². The Morgan fingerprint density at radius 2 is 0.849 bits per heavy atom. The van der Waals surface area contributed by atoms with Crippen molar-refractivity contribution >= 4 is 70.1 Å². The number of thiophene rings is 1. The molecule has 11 aromatic carbocycles. The molecule has 73 heavy (non-hydrogen) atoms. The third-order valence-electron chi connectivity index (χ3n) is 15.7. The molecule has 12 aromatic rings. The van der Waals surface area contributed by atoms with Crippen LogP contribution in [0, 0.1) is 0 Å². The van der Waals surface area contributed by atoms with E-state index in [1.165, 1.54) is 114 Å². The van der Waals surface area contributed by atoms with E-state index in [9.17, 15) is 0 Å². The molecule has 0 saturated heterocycles. The van der Waals surface area contributed by atoms with Crippen molar-refractivity contribution in [1.29, 1.82) is 0 Å². The Bertz CT molecular complexity index is 4030. The first-order valence-corrected chi connectivity index (χ1v) is 26.5. The van der Waals surface area contributed by atoms with E-state index in [2.05, 4.69) is 283 Å². The second-order valence-corrected chi connectivity index (χ2v) is 23.2. The fourth-order valence-electron chi connectivity index (χ4n) is 11.7. The average Bonchev–Trinajstić information content (AvgIpc) is 3.95. The molecule has 1 nitrogen and oxygen atoms in total. The molecular formula is C71H57NS. The predicted molar refractivity (Wildman–Crippen MR) is 315 cm³/mol. The normalized spacial score (nSPS) is 13.2. The summed E-state index contributed by atoms with van der Waals surface area (Å²) in [5.74, 6) is 0. The van der Waals surface area contributed by atoms with E-state index in [4.69, 9.17) is 0 Å². The van der Waals surface area contributed by atoms with Crippen LogP contribution in [0.1, 0.15) is 74.9 Å². The van der Waals surface area contributed by atoms with Crippen molar-refractivity contribution in [2.24, 2.45) is 0 Å². The van der Waals surface area contributed by atoms with E-state index in [0.717, 1.165) is 11.4 Å². The Balaban J connectivity index is 0.970. The summed E-state index contributed by atoms with van der Waals surface area (Å²) in [7, 11) is 0. The SMILES string of the molecule is CC(C)(C)c1ccc(C2(c3ccc(C(C)(C)C)cc3)c3ccccc3-c3ccc(N(c4ccc(-c5ccc6cc(-c7ccc8ccccc8c7)ccc6c5)cc4)c4cccc5c4sc4ccccc45)cc32)cc1. The fraction of sp³-hybridized carbons (Fsp3) is 0.127. The molecule has 2 heteroatoms. The monoisotopic (exact) mass is 955 g/mol. The first-order chi connectivity index (χ1) is 35.4. The van der Waals surface area contributed by atoms with Gasteiger partial charge in [0.1, 0.15) is 0 Å². The molecule has 1 aliphatic rings. The van der Waals surface area contributed by atoms with E-state index in [1.54, 1.807) is 0 Å². The Labute approximate surface area is 433 Å². The summed E-state index contributed by atoms with van der Waals surface area (Å²) in [6, 6.07) is 89.5. The molecular weight excluding hydrogens is 899 g/mol. The summed E-state index contributed by atoms with van der Waals surface area (Å²) in [6.45, 7) is 13.8. The lowest BCUT2D eigenvalue weighted by atomic mass is 9.67. The highest BCUT2D eigenvalue weighted by molar-refractivity contribution is 7.26. The van der Waals surface area contributed by atoms with Gasteiger partial charge in [0.2, 0.25) is 0 Å². The number of nitrogens with zero attached hydrogens (tertiary/aromatic N) is 1. The van der Waals surface area contributed by atoms with E-state index >= 15 is 0 Å². The van der Waals surface area contributed by atoms with Gasteiger partial charge in [-0.25, -0.2) is 0 Å². The average molecular weight is 956 g/mol.